The molecule has 0 aliphatic rings. The van der Waals surface area contributed by atoms with Crippen molar-refractivity contribution in [3.05, 3.63) is 84.5 Å². The maximum absolute atomic E-state index is 12.9. The van der Waals surface area contributed by atoms with Crippen molar-refractivity contribution in [3.8, 4) is 0 Å². The summed E-state index contributed by atoms with van der Waals surface area (Å²) in [6, 6.07) is 15.1. The van der Waals surface area contributed by atoms with Gasteiger partial charge in [0.2, 0.25) is 5.82 Å². The van der Waals surface area contributed by atoms with Gasteiger partial charge in [0.1, 0.15) is 0 Å². The van der Waals surface area contributed by atoms with Crippen LogP contribution in [0.15, 0.2) is 67.4 Å². The number of nitrogens with zero attached hydrogens (tertiary/aromatic N) is 3. The SMILES string of the molecule is C=CCNC(=O)c1nc(C(=O)N(C)Cc2ccccc2)c2ccccn12. The van der Waals surface area contributed by atoms with Gasteiger partial charge in [0.05, 0.1) is 5.52 Å². The molecular weight excluding hydrogens is 328 g/mol. The van der Waals surface area contributed by atoms with Crippen LogP contribution < -0.4 is 5.32 Å². The van der Waals surface area contributed by atoms with Crippen LogP contribution in [0.1, 0.15) is 26.7 Å². The van der Waals surface area contributed by atoms with E-state index in [1.54, 1.807) is 40.8 Å². The minimum atomic E-state index is -0.351. The number of benzene rings is 1. The summed E-state index contributed by atoms with van der Waals surface area (Å²) >= 11 is 0. The average Bonchev–Trinajstić information content (AvgIpc) is 3.06. The van der Waals surface area contributed by atoms with Crippen LogP contribution >= 0.6 is 0 Å². The first kappa shape index (κ1) is 17.4. The molecule has 0 fully saturated rings. The topological polar surface area (TPSA) is 66.7 Å². The molecule has 1 aromatic carbocycles. The van der Waals surface area contributed by atoms with Crippen LogP contribution in [0.2, 0.25) is 0 Å². The highest BCUT2D eigenvalue weighted by atomic mass is 16.2. The molecule has 0 spiro atoms. The first-order valence-electron chi connectivity index (χ1n) is 8.27. The van der Waals surface area contributed by atoms with Crippen LogP contribution in [0.4, 0.5) is 0 Å². The number of nitrogens with one attached hydrogen (secondary N) is 1. The van der Waals surface area contributed by atoms with Gasteiger partial charge in [-0.15, -0.1) is 6.58 Å². The second-order valence-electron chi connectivity index (χ2n) is 5.89. The number of carbonyl (C=O) groups excluding carboxylic acids is 2. The second kappa shape index (κ2) is 7.65. The molecule has 6 nitrogen and oxygen atoms in total. The van der Waals surface area contributed by atoms with Crippen molar-refractivity contribution in [2.24, 2.45) is 0 Å². The van der Waals surface area contributed by atoms with Crippen molar-refractivity contribution in [1.82, 2.24) is 19.6 Å². The summed E-state index contributed by atoms with van der Waals surface area (Å²) in [7, 11) is 1.72. The summed E-state index contributed by atoms with van der Waals surface area (Å²) in [6.45, 7) is 4.38. The molecule has 0 saturated carbocycles. The normalized spacial score (nSPS) is 10.5. The van der Waals surface area contributed by atoms with Crippen molar-refractivity contribution >= 4 is 17.3 Å². The first-order chi connectivity index (χ1) is 12.6. The molecule has 132 valence electrons. The zero-order valence-electron chi connectivity index (χ0n) is 14.6. The highest BCUT2D eigenvalue weighted by Gasteiger charge is 2.23. The van der Waals surface area contributed by atoms with Crippen molar-refractivity contribution in [2.75, 3.05) is 13.6 Å². The maximum Gasteiger partial charge on any atom is 0.287 e. The monoisotopic (exact) mass is 348 g/mol. The Kier molecular flexibility index (Phi) is 5.12. The van der Waals surface area contributed by atoms with Gasteiger partial charge in [-0.1, -0.05) is 42.5 Å². The van der Waals surface area contributed by atoms with E-state index in [-0.39, 0.29) is 23.3 Å². The third-order valence-corrected chi connectivity index (χ3v) is 3.97. The number of amides is 2. The molecule has 1 N–H and O–H groups in total. The van der Waals surface area contributed by atoms with Gasteiger partial charge < -0.3 is 10.2 Å². The minimum absolute atomic E-state index is 0.180. The molecule has 2 aromatic heterocycles. The van der Waals surface area contributed by atoms with Gasteiger partial charge in [-0.25, -0.2) is 4.98 Å². The number of hydrogen-bond donors (Lipinski definition) is 1. The lowest BCUT2D eigenvalue weighted by Gasteiger charge is -2.16. The second-order valence-corrected chi connectivity index (χ2v) is 5.89. The smallest absolute Gasteiger partial charge is 0.287 e. The molecule has 0 aliphatic heterocycles. The Hall–Kier alpha value is -3.41. The maximum atomic E-state index is 12.9. The van der Waals surface area contributed by atoms with E-state index >= 15 is 0 Å². The molecule has 0 saturated heterocycles. The van der Waals surface area contributed by atoms with Crippen LogP contribution in [0, 0.1) is 0 Å². The number of pyridine rings is 1. The van der Waals surface area contributed by atoms with E-state index in [2.05, 4.69) is 16.9 Å². The van der Waals surface area contributed by atoms with E-state index in [9.17, 15) is 9.59 Å². The Morgan fingerprint density at radius 3 is 2.65 bits per heavy atom. The quantitative estimate of drug-likeness (QED) is 0.696. The van der Waals surface area contributed by atoms with Crippen molar-refractivity contribution in [2.45, 2.75) is 6.54 Å². The fraction of sp³-hybridized carbons (Fsp3) is 0.150. The van der Waals surface area contributed by atoms with Gasteiger partial charge in [-0.3, -0.25) is 14.0 Å². The number of hydrogen-bond acceptors (Lipinski definition) is 3. The highest BCUT2D eigenvalue weighted by molar-refractivity contribution is 6.02. The Labute approximate surface area is 151 Å². The van der Waals surface area contributed by atoms with Crippen LogP contribution in [0.3, 0.4) is 0 Å². The third kappa shape index (κ3) is 3.49. The molecule has 26 heavy (non-hydrogen) atoms. The number of imidazole rings is 1. The standard InChI is InChI=1S/C20H20N4O2/c1-3-12-21-19(25)18-22-17(16-11-7-8-13-24(16)18)20(26)23(2)14-15-9-5-4-6-10-15/h3-11,13H,1,12,14H2,2H3,(H,21,25). The van der Waals surface area contributed by atoms with Crippen molar-refractivity contribution in [3.63, 3.8) is 0 Å². The van der Waals surface area contributed by atoms with E-state index in [0.717, 1.165) is 5.56 Å². The molecular formula is C20H20N4O2. The number of aromatic nitrogens is 2. The molecule has 0 bridgehead atoms. The molecule has 0 aliphatic carbocycles. The van der Waals surface area contributed by atoms with Crippen LogP contribution in [0.5, 0.6) is 0 Å². The largest absolute Gasteiger partial charge is 0.346 e. The van der Waals surface area contributed by atoms with Crippen LogP contribution in [-0.2, 0) is 6.54 Å². The Bertz CT molecular complexity index is 947. The fourth-order valence-electron chi connectivity index (χ4n) is 2.71. The Morgan fingerprint density at radius 2 is 1.92 bits per heavy atom. The average molecular weight is 348 g/mol. The first-order valence-corrected chi connectivity index (χ1v) is 8.27. The van der Waals surface area contributed by atoms with Crippen LogP contribution in [0.25, 0.3) is 5.52 Å². The van der Waals surface area contributed by atoms with Gasteiger partial charge >= 0.3 is 0 Å². The molecule has 2 amide bonds. The molecule has 0 atom stereocenters. The summed E-state index contributed by atoms with van der Waals surface area (Å²) in [4.78, 5) is 31.2. The zero-order valence-corrected chi connectivity index (χ0v) is 14.6. The summed E-state index contributed by atoms with van der Waals surface area (Å²) < 4.78 is 1.63. The van der Waals surface area contributed by atoms with Gasteiger partial charge in [0, 0.05) is 26.3 Å². The van der Waals surface area contributed by atoms with Gasteiger partial charge in [0.25, 0.3) is 11.8 Å². The predicted octanol–water partition coefficient (Wildman–Crippen LogP) is 2.52. The summed E-state index contributed by atoms with van der Waals surface area (Å²) in [5, 5.41) is 2.70. The lowest BCUT2D eigenvalue weighted by Crippen LogP contribution is -2.27. The lowest BCUT2D eigenvalue weighted by atomic mass is 10.2. The molecule has 6 heteroatoms. The van der Waals surface area contributed by atoms with Gasteiger partial charge in [0.15, 0.2) is 5.69 Å². The van der Waals surface area contributed by atoms with E-state index in [1.165, 1.54) is 0 Å². The number of carbonyl (C=O) groups is 2. The summed E-state index contributed by atoms with van der Waals surface area (Å²) in [5.74, 6) is -0.407. The van der Waals surface area contributed by atoms with Crippen molar-refractivity contribution in [1.29, 1.82) is 0 Å². The minimum Gasteiger partial charge on any atom is -0.346 e. The van der Waals surface area contributed by atoms with E-state index < -0.39 is 0 Å². The predicted molar refractivity (Wildman–Crippen MR) is 100.0 cm³/mol. The zero-order chi connectivity index (χ0) is 18.5. The van der Waals surface area contributed by atoms with Crippen molar-refractivity contribution < 1.29 is 9.59 Å². The van der Waals surface area contributed by atoms with Crippen LogP contribution in [-0.4, -0.2) is 39.7 Å². The van der Waals surface area contributed by atoms with Gasteiger partial charge in [-0.2, -0.15) is 0 Å². The molecule has 3 aromatic rings. The van der Waals surface area contributed by atoms with E-state index in [4.69, 9.17) is 0 Å². The Balaban J connectivity index is 1.92. The van der Waals surface area contributed by atoms with E-state index in [0.29, 0.717) is 18.6 Å². The molecule has 0 radical (unpaired) electrons. The molecule has 2 heterocycles. The van der Waals surface area contributed by atoms with Gasteiger partial charge in [-0.05, 0) is 17.7 Å². The highest BCUT2D eigenvalue weighted by Crippen LogP contribution is 2.16. The molecule has 0 unspecified atom stereocenters. The third-order valence-electron chi connectivity index (χ3n) is 3.97. The molecule has 3 rings (SSSR count). The summed E-state index contributed by atoms with van der Waals surface area (Å²) in [5.41, 5.74) is 1.88. The number of rotatable bonds is 6. The van der Waals surface area contributed by atoms with E-state index in [1.807, 2.05) is 36.4 Å². The fourth-order valence-corrected chi connectivity index (χ4v) is 2.71. The Morgan fingerprint density at radius 1 is 1.19 bits per heavy atom. The lowest BCUT2D eigenvalue weighted by molar-refractivity contribution is 0.0782. The number of fused-ring (bicyclic) bond motifs is 1. The summed E-state index contributed by atoms with van der Waals surface area (Å²) in [6.07, 6.45) is 3.31.